The van der Waals surface area contributed by atoms with E-state index in [0.29, 0.717) is 17.6 Å². The van der Waals surface area contributed by atoms with Gasteiger partial charge in [0.05, 0.1) is 22.9 Å². The van der Waals surface area contributed by atoms with E-state index in [0.717, 1.165) is 24.4 Å². The summed E-state index contributed by atoms with van der Waals surface area (Å²) in [6, 6.07) is 9.31. The number of carbonyl (C=O) groups excluding carboxylic acids is 1. The molecule has 0 unspecified atom stereocenters. The molecule has 1 N–H and O–H groups in total. The zero-order valence-corrected chi connectivity index (χ0v) is 14.4. The maximum Gasteiger partial charge on any atom is 0.269 e. The molecule has 0 aliphatic carbocycles. The van der Waals surface area contributed by atoms with Crippen molar-refractivity contribution in [3.05, 3.63) is 58.3 Å². The van der Waals surface area contributed by atoms with Crippen LogP contribution in [0.5, 0.6) is 0 Å². The number of benzene rings is 1. The molecule has 25 heavy (non-hydrogen) atoms. The fourth-order valence-corrected chi connectivity index (χ4v) is 2.84. The number of hydrogen-bond donors (Lipinski definition) is 1. The lowest BCUT2D eigenvalue weighted by atomic mass is 10.3. The second kappa shape index (κ2) is 7.29. The van der Waals surface area contributed by atoms with Gasteiger partial charge in [-0.1, -0.05) is 12.1 Å². The van der Waals surface area contributed by atoms with Crippen molar-refractivity contribution < 1.29 is 4.79 Å². The second-order valence-electron chi connectivity index (χ2n) is 6.03. The Morgan fingerprint density at radius 3 is 2.80 bits per heavy atom. The molecule has 0 fully saturated rings. The molecule has 0 aliphatic rings. The average Bonchev–Trinajstić information content (AvgIpc) is 2.92. The number of nitrogens with zero attached hydrogens (tertiary/aromatic N) is 4. The van der Waals surface area contributed by atoms with E-state index in [4.69, 9.17) is 0 Å². The molecule has 7 heteroatoms. The summed E-state index contributed by atoms with van der Waals surface area (Å²) in [6.45, 7) is 5.25. The van der Waals surface area contributed by atoms with E-state index >= 15 is 0 Å². The first-order chi connectivity index (χ1) is 12.0. The average molecular weight is 339 g/mol. The van der Waals surface area contributed by atoms with E-state index < -0.39 is 0 Å². The van der Waals surface area contributed by atoms with Crippen molar-refractivity contribution in [1.82, 2.24) is 24.6 Å². The molecule has 2 aromatic heterocycles. The summed E-state index contributed by atoms with van der Waals surface area (Å²) in [7, 11) is 0. The Kier molecular flexibility index (Phi) is 4.92. The van der Waals surface area contributed by atoms with Crippen molar-refractivity contribution in [3.63, 3.8) is 0 Å². The Balaban J connectivity index is 1.57. The van der Waals surface area contributed by atoms with E-state index in [-0.39, 0.29) is 18.0 Å². The normalized spacial score (nSPS) is 11.0. The Hall–Kier alpha value is -2.96. The topological polar surface area (TPSA) is 81.8 Å². The number of aromatic nitrogens is 4. The van der Waals surface area contributed by atoms with Crippen LogP contribution in [0.2, 0.25) is 0 Å². The van der Waals surface area contributed by atoms with Crippen LogP contribution in [0.25, 0.3) is 11.0 Å². The molecule has 7 nitrogen and oxygen atoms in total. The molecule has 0 atom stereocenters. The number of hydrogen-bond acceptors (Lipinski definition) is 4. The van der Waals surface area contributed by atoms with Gasteiger partial charge in [0.15, 0.2) is 0 Å². The minimum Gasteiger partial charge on any atom is -0.354 e. The molecular weight excluding hydrogens is 318 g/mol. The predicted molar refractivity (Wildman–Crippen MR) is 95.3 cm³/mol. The number of nitrogens with one attached hydrogen (secondary N) is 1. The summed E-state index contributed by atoms with van der Waals surface area (Å²) in [5.74, 6) is -0.188. The molecule has 2 heterocycles. The summed E-state index contributed by atoms with van der Waals surface area (Å²) in [5, 5.41) is 7.25. The van der Waals surface area contributed by atoms with E-state index in [1.807, 2.05) is 42.8 Å². The molecule has 0 aliphatic heterocycles. The van der Waals surface area contributed by atoms with Gasteiger partial charge in [-0.25, -0.2) is 4.98 Å². The Labute approximate surface area is 145 Å². The van der Waals surface area contributed by atoms with E-state index in [2.05, 4.69) is 15.4 Å². The Morgan fingerprint density at radius 2 is 2.04 bits per heavy atom. The van der Waals surface area contributed by atoms with Gasteiger partial charge in [-0.15, -0.1) is 0 Å². The Bertz CT molecular complexity index is 957. The molecule has 1 amide bonds. The molecule has 3 rings (SSSR count). The maximum atomic E-state index is 12.2. The fourth-order valence-electron chi connectivity index (χ4n) is 2.84. The highest BCUT2D eigenvalue weighted by molar-refractivity contribution is 5.79. The molecular formula is C18H21N5O2. The maximum absolute atomic E-state index is 12.2. The van der Waals surface area contributed by atoms with Gasteiger partial charge < -0.3 is 5.32 Å². The number of amides is 1. The van der Waals surface area contributed by atoms with Crippen LogP contribution in [0.4, 0.5) is 0 Å². The molecule has 0 spiro atoms. The monoisotopic (exact) mass is 339 g/mol. The number of fused-ring (bicyclic) bond motifs is 1. The highest BCUT2D eigenvalue weighted by atomic mass is 16.2. The number of carbonyl (C=O) groups is 1. The van der Waals surface area contributed by atoms with Gasteiger partial charge in [-0.3, -0.25) is 18.8 Å². The first-order valence-corrected chi connectivity index (χ1v) is 8.27. The van der Waals surface area contributed by atoms with E-state index in [9.17, 15) is 9.59 Å². The van der Waals surface area contributed by atoms with Crippen LogP contribution in [0.1, 0.15) is 17.8 Å². The number of rotatable bonds is 6. The van der Waals surface area contributed by atoms with Crippen molar-refractivity contribution >= 4 is 16.9 Å². The van der Waals surface area contributed by atoms with Crippen molar-refractivity contribution in [2.24, 2.45) is 0 Å². The first-order valence-electron chi connectivity index (χ1n) is 8.27. The standard InChI is InChI=1S/C18H21N5O2/c1-13-10-14(2)23(21-13)9-5-8-19-17(24)12-22-16-7-4-3-6-15(16)20-11-18(22)25/h3-4,6-7,10-11H,5,8-9,12H2,1-2H3,(H,19,24). The van der Waals surface area contributed by atoms with E-state index in [1.165, 1.54) is 10.8 Å². The second-order valence-corrected chi connectivity index (χ2v) is 6.03. The largest absolute Gasteiger partial charge is 0.354 e. The summed E-state index contributed by atoms with van der Waals surface area (Å²) >= 11 is 0. The highest BCUT2D eigenvalue weighted by Crippen LogP contribution is 2.08. The lowest BCUT2D eigenvalue weighted by Crippen LogP contribution is -2.33. The summed E-state index contributed by atoms with van der Waals surface area (Å²) in [6.07, 6.45) is 2.03. The van der Waals surface area contributed by atoms with E-state index in [1.54, 1.807) is 6.07 Å². The van der Waals surface area contributed by atoms with Gasteiger partial charge in [0.25, 0.3) is 5.56 Å². The first kappa shape index (κ1) is 16.9. The molecule has 1 aromatic carbocycles. The van der Waals surface area contributed by atoms with Crippen molar-refractivity contribution in [1.29, 1.82) is 0 Å². The smallest absolute Gasteiger partial charge is 0.269 e. The third-order valence-electron chi connectivity index (χ3n) is 4.03. The molecule has 0 bridgehead atoms. The Morgan fingerprint density at radius 1 is 1.24 bits per heavy atom. The van der Waals surface area contributed by atoms with Gasteiger partial charge in [-0.05, 0) is 38.5 Å². The van der Waals surface area contributed by atoms with Crippen LogP contribution in [-0.2, 0) is 17.9 Å². The lowest BCUT2D eigenvalue weighted by molar-refractivity contribution is -0.121. The van der Waals surface area contributed by atoms with Crippen LogP contribution in [0, 0.1) is 13.8 Å². The molecule has 0 saturated carbocycles. The van der Waals surface area contributed by atoms with Crippen molar-refractivity contribution in [2.75, 3.05) is 6.54 Å². The number of aryl methyl sites for hydroxylation is 3. The van der Waals surface area contributed by atoms with Crippen LogP contribution < -0.4 is 10.9 Å². The molecule has 0 radical (unpaired) electrons. The van der Waals surface area contributed by atoms with Crippen LogP contribution in [0.3, 0.4) is 0 Å². The zero-order chi connectivity index (χ0) is 17.8. The summed E-state index contributed by atoms with van der Waals surface area (Å²) in [5.41, 5.74) is 3.17. The van der Waals surface area contributed by atoms with Gasteiger partial charge >= 0.3 is 0 Å². The fraction of sp³-hybridized carbons (Fsp3) is 0.333. The zero-order valence-electron chi connectivity index (χ0n) is 14.4. The summed E-state index contributed by atoms with van der Waals surface area (Å²) in [4.78, 5) is 28.3. The molecule has 130 valence electrons. The third-order valence-corrected chi connectivity index (χ3v) is 4.03. The van der Waals surface area contributed by atoms with Crippen molar-refractivity contribution in [2.45, 2.75) is 33.4 Å². The SMILES string of the molecule is Cc1cc(C)n(CCCNC(=O)Cn2c(=O)cnc3ccccc32)n1. The summed E-state index contributed by atoms with van der Waals surface area (Å²) < 4.78 is 3.38. The highest BCUT2D eigenvalue weighted by Gasteiger charge is 2.08. The van der Waals surface area contributed by atoms with Gasteiger partial charge in [0.1, 0.15) is 6.54 Å². The van der Waals surface area contributed by atoms with Gasteiger partial charge in [-0.2, -0.15) is 5.10 Å². The third kappa shape index (κ3) is 3.93. The van der Waals surface area contributed by atoms with Gasteiger partial charge in [0, 0.05) is 18.8 Å². The molecule has 0 saturated heterocycles. The van der Waals surface area contributed by atoms with Crippen LogP contribution in [0.15, 0.2) is 41.3 Å². The minimum absolute atomic E-state index is 0.0121. The van der Waals surface area contributed by atoms with Crippen molar-refractivity contribution in [3.8, 4) is 0 Å². The van der Waals surface area contributed by atoms with Gasteiger partial charge in [0.2, 0.25) is 5.91 Å². The van der Waals surface area contributed by atoms with Crippen LogP contribution in [-0.4, -0.2) is 31.8 Å². The minimum atomic E-state index is -0.281. The molecule has 3 aromatic rings. The lowest BCUT2D eigenvalue weighted by Gasteiger charge is -2.10. The number of para-hydroxylation sites is 2. The van der Waals surface area contributed by atoms with Crippen LogP contribution >= 0.6 is 0 Å². The predicted octanol–water partition coefficient (Wildman–Crippen LogP) is 1.42. The quantitative estimate of drug-likeness (QED) is 0.689.